The van der Waals surface area contributed by atoms with Gasteiger partial charge in [0, 0.05) is 32.3 Å². The summed E-state index contributed by atoms with van der Waals surface area (Å²) in [7, 11) is 2.00. The molecule has 0 aliphatic carbocycles. The van der Waals surface area contributed by atoms with E-state index in [-0.39, 0.29) is 5.69 Å². The predicted octanol–water partition coefficient (Wildman–Crippen LogP) is 4.11. The van der Waals surface area contributed by atoms with Crippen molar-refractivity contribution in [1.82, 2.24) is 4.90 Å². The first-order chi connectivity index (χ1) is 13.3. The summed E-state index contributed by atoms with van der Waals surface area (Å²) in [6.07, 6.45) is -1.53. The predicted molar refractivity (Wildman–Crippen MR) is 105 cm³/mol. The number of halogens is 3. The molecule has 0 unspecified atom stereocenters. The largest absolute Gasteiger partial charge is 0.416 e. The standard InChI is InChI=1S/C21H22F3N3O/c1-26-11-13-27(14-12-26)19-9-8-17(21(22,23)24)15-18(19)25-20(28)10-7-16-5-3-2-4-6-16/h2-10,15H,11-14H2,1H3,(H,25,28)/b10-7+. The van der Waals surface area contributed by atoms with Crippen LogP contribution in [0.4, 0.5) is 24.5 Å². The third kappa shape index (κ3) is 5.13. The maximum atomic E-state index is 13.2. The lowest BCUT2D eigenvalue weighted by molar-refractivity contribution is -0.137. The van der Waals surface area contributed by atoms with Crippen molar-refractivity contribution in [2.24, 2.45) is 0 Å². The average molecular weight is 389 g/mol. The van der Waals surface area contributed by atoms with Crippen molar-refractivity contribution < 1.29 is 18.0 Å². The molecule has 0 atom stereocenters. The molecule has 0 spiro atoms. The van der Waals surface area contributed by atoms with Gasteiger partial charge in [-0.3, -0.25) is 4.79 Å². The molecular weight excluding hydrogens is 367 g/mol. The highest BCUT2D eigenvalue weighted by Crippen LogP contribution is 2.35. The van der Waals surface area contributed by atoms with E-state index in [1.165, 1.54) is 12.1 Å². The molecule has 7 heteroatoms. The summed E-state index contributed by atoms with van der Waals surface area (Å²) >= 11 is 0. The minimum atomic E-state index is -4.47. The lowest BCUT2D eigenvalue weighted by atomic mass is 10.1. The number of carbonyl (C=O) groups is 1. The molecule has 28 heavy (non-hydrogen) atoms. The van der Waals surface area contributed by atoms with Gasteiger partial charge in [0.25, 0.3) is 0 Å². The monoisotopic (exact) mass is 389 g/mol. The minimum Gasteiger partial charge on any atom is -0.367 e. The molecule has 148 valence electrons. The summed E-state index contributed by atoms with van der Waals surface area (Å²) in [4.78, 5) is 16.5. The summed E-state index contributed by atoms with van der Waals surface area (Å²) in [6, 6.07) is 12.7. The van der Waals surface area contributed by atoms with Crippen molar-refractivity contribution in [3.05, 3.63) is 65.7 Å². The fraction of sp³-hybridized carbons (Fsp3) is 0.286. The first-order valence-corrected chi connectivity index (χ1v) is 9.02. The van der Waals surface area contributed by atoms with E-state index in [9.17, 15) is 18.0 Å². The molecule has 1 heterocycles. The SMILES string of the molecule is CN1CCN(c2ccc(C(F)(F)F)cc2NC(=O)/C=C/c2ccccc2)CC1. The summed E-state index contributed by atoms with van der Waals surface area (Å²) < 4.78 is 39.5. The van der Waals surface area contributed by atoms with Crippen molar-refractivity contribution in [2.45, 2.75) is 6.18 Å². The quantitative estimate of drug-likeness (QED) is 0.800. The number of piperazine rings is 1. The lowest BCUT2D eigenvalue weighted by Gasteiger charge is -2.35. The molecule has 1 saturated heterocycles. The molecule has 4 nitrogen and oxygen atoms in total. The van der Waals surface area contributed by atoms with Gasteiger partial charge in [0.15, 0.2) is 0 Å². The first-order valence-electron chi connectivity index (χ1n) is 9.02. The highest BCUT2D eigenvalue weighted by molar-refractivity contribution is 6.04. The molecule has 2 aromatic rings. The maximum Gasteiger partial charge on any atom is 0.416 e. The van der Waals surface area contributed by atoms with E-state index in [1.54, 1.807) is 6.08 Å². The molecule has 0 saturated carbocycles. The molecule has 0 aromatic heterocycles. The number of anilines is 2. The van der Waals surface area contributed by atoms with Crippen LogP contribution in [0.1, 0.15) is 11.1 Å². The smallest absolute Gasteiger partial charge is 0.367 e. The summed E-state index contributed by atoms with van der Waals surface area (Å²) in [5, 5.41) is 2.62. The van der Waals surface area contributed by atoms with Gasteiger partial charge in [0.2, 0.25) is 5.91 Å². The van der Waals surface area contributed by atoms with Crippen LogP contribution in [0.3, 0.4) is 0 Å². The minimum absolute atomic E-state index is 0.169. The van der Waals surface area contributed by atoms with Crippen LogP contribution < -0.4 is 10.2 Å². The van der Waals surface area contributed by atoms with Gasteiger partial charge in [-0.25, -0.2) is 0 Å². The van der Waals surface area contributed by atoms with Crippen LogP contribution in [0.15, 0.2) is 54.6 Å². The average Bonchev–Trinajstić information content (AvgIpc) is 2.67. The Morgan fingerprint density at radius 3 is 2.36 bits per heavy atom. The lowest BCUT2D eigenvalue weighted by Crippen LogP contribution is -2.44. The zero-order chi connectivity index (χ0) is 20.1. The van der Waals surface area contributed by atoms with Crippen molar-refractivity contribution in [3.8, 4) is 0 Å². The molecular formula is C21H22F3N3O. The second-order valence-corrected chi connectivity index (χ2v) is 6.75. The summed E-state index contributed by atoms with van der Waals surface area (Å²) in [5.74, 6) is -0.474. The number of hydrogen-bond donors (Lipinski definition) is 1. The van der Waals surface area contributed by atoms with E-state index < -0.39 is 17.6 Å². The molecule has 0 radical (unpaired) electrons. The van der Waals surface area contributed by atoms with E-state index in [0.29, 0.717) is 18.8 Å². The van der Waals surface area contributed by atoms with Crippen molar-refractivity contribution in [1.29, 1.82) is 0 Å². The molecule has 1 N–H and O–H groups in total. The van der Waals surface area contributed by atoms with E-state index in [1.807, 2.05) is 42.3 Å². The fourth-order valence-corrected chi connectivity index (χ4v) is 3.05. The highest BCUT2D eigenvalue weighted by atomic mass is 19.4. The van der Waals surface area contributed by atoms with Gasteiger partial charge in [-0.2, -0.15) is 13.2 Å². The second-order valence-electron chi connectivity index (χ2n) is 6.75. The highest BCUT2D eigenvalue weighted by Gasteiger charge is 2.32. The zero-order valence-corrected chi connectivity index (χ0v) is 15.5. The summed E-state index contributed by atoms with van der Waals surface area (Å²) in [6.45, 7) is 2.99. The van der Waals surface area contributed by atoms with Gasteiger partial charge in [0.1, 0.15) is 0 Å². The van der Waals surface area contributed by atoms with Gasteiger partial charge < -0.3 is 15.1 Å². The molecule has 1 aliphatic heterocycles. The van der Waals surface area contributed by atoms with E-state index in [4.69, 9.17) is 0 Å². The van der Waals surface area contributed by atoms with Crippen LogP contribution in [-0.2, 0) is 11.0 Å². The number of amides is 1. The van der Waals surface area contributed by atoms with Gasteiger partial charge in [0.05, 0.1) is 16.9 Å². The first kappa shape index (κ1) is 19.9. The molecule has 1 fully saturated rings. The number of likely N-dealkylation sites (N-methyl/N-ethyl adjacent to an activating group) is 1. The van der Waals surface area contributed by atoms with Crippen LogP contribution in [0.25, 0.3) is 6.08 Å². The van der Waals surface area contributed by atoms with Gasteiger partial charge in [-0.1, -0.05) is 30.3 Å². The van der Waals surface area contributed by atoms with Crippen LogP contribution >= 0.6 is 0 Å². The van der Waals surface area contributed by atoms with E-state index in [2.05, 4.69) is 10.2 Å². The van der Waals surface area contributed by atoms with E-state index in [0.717, 1.165) is 30.8 Å². The number of rotatable bonds is 4. The van der Waals surface area contributed by atoms with Crippen LogP contribution in [0.5, 0.6) is 0 Å². The van der Waals surface area contributed by atoms with Gasteiger partial charge in [-0.15, -0.1) is 0 Å². The summed E-state index contributed by atoms with van der Waals surface area (Å²) in [5.41, 5.74) is 0.818. The third-order valence-electron chi connectivity index (χ3n) is 4.65. The second kappa shape index (κ2) is 8.48. The maximum absolute atomic E-state index is 13.2. The van der Waals surface area contributed by atoms with Crippen LogP contribution in [-0.4, -0.2) is 44.0 Å². The van der Waals surface area contributed by atoms with Crippen LogP contribution in [0, 0.1) is 0 Å². The van der Waals surface area contributed by atoms with Crippen LogP contribution in [0.2, 0.25) is 0 Å². The Bertz CT molecular complexity index is 842. The Kier molecular flexibility index (Phi) is 6.04. The number of hydrogen-bond acceptors (Lipinski definition) is 3. The number of alkyl halides is 3. The Balaban J connectivity index is 1.83. The normalized spacial score (nSPS) is 15.8. The molecule has 2 aromatic carbocycles. The number of carbonyl (C=O) groups excluding carboxylic acids is 1. The zero-order valence-electron chi connectivity index (χ0n) is 15.5. The Morgan fingerprint density at radius 2 is 1.71 bits per heavy atom. The van der Waals surface area contributed by atoms with Crippen molar-refractivity contribution in [3.63, 3.8) is 0 Å². The molecule has 1 amide bonds. The Labute approximate surface area is 162 Å². The molecule has 0 bridgehead atoms. The van der Waals surface area contributed by atoms with Crippen molar-refractivity contribution in [2.75, 3.05) is 43.4 Å². The number of nitrogens with zero attached hydrogens (tertiary/aromatic N) is 2. The fourth-order valence-electron chi connectivity index (χ4n) is 3.05. The number of nitrogens with one attached hydrogen (secondary N) is 1. The van der Waals surface area contributed by atoms with Crippen molar-refractivity contribution >= 4 is 23.4 Å². The Morgan fingerprint density at radius 1 is 1.04 bits per heavy atom. The number of benzene rings is 2. The molecule has 1 aliphatic rings. The third-order valence-corrected chi connectivity index (χ3v) is 4.65. The molecule has 3 rings (SSSR count). The Hall–Kier alpha value is -2.80. The van der Waals surface area contributed by atoms with E-state index >= 15 is 0 Å². The van der Waals surface area contributed by atoms with Gasteiger partial charge in [-0.05, 0) is 36.9 Å². The topological polar surface area (TPSA) is 35.6 Å². The van der Waals surface area contributed by atoms with Gasteiger partial charge >= 0.3 is 6.18 Å².